The number of benzene rings is 3. The number of nitrogens with one attached hydrogen (secondary N) is 1. The number of carbonyl (C=O) groups excluding carboxylic acids is 2. The fourth-order valence-electron chi connectivity index (χ4n) is 6.03. The van der Waals surface area contributed by atoms with Crippen molar-refractivity contribution in [1.29, 1.82) is 0 Å². The van der Waals surface area contributed by atoms with Gasteiger partial charge in [0.1, 0.15) is 11.6 Å². The topological polar surface area (TPSA) is 97.3 Å². The van der Waals surface area contributed by atoms with E-state index in [-0.39, 0.29) is 37.4 Å². The van der Waals surface area contributed by atoms with Gasteiger partial charge in [0.25, 0.3) is 9.70 Å². The number of aliphatic hydroxyl groups is 1. The maximum atomic E-state index is 13.0. The molecular weight excluding hydrogens is 663 g/mol. The van der Waals surface area contributed by atoms with Crippen LogP contribution in [0.1, 0.15) is 74.7 Å². The number of nitrogens with zero attached hydrogens (tertiary/aromatic N) is 1. The number of likely N-dealkylation sites (tertiary alicyclic amines) is 1. The molecule has 2 saturated heterocycles. The number of rotatable bonds is 9. The third-order valence-corrected chi connectivity index (χ3v) is 8.82. The summed E-state index contributed by atoms with van der Waals surface area (Å²) in [5.74, 6) is -0.891. The Kier molecular flexibility index (Phi) is 11.6. The van der Waals surface area contributed by atoms with Crippen LogP contribution in [0.4, 0.5) is 0 Å². The molecule has 0 spiro atoms. The Hall–Kier alpha value is -2.69. The van der Waals surface area contributed by atoms with Gasteiger partial charge in [-0.05, 0) is 68.0 Å². The fraction of sp³-hybridized carbons (Fsp3) is 0.444. The molecule has 0 aromatic heterocycles. The summed E-state index contributed by atoms with van der Waals surface area (Å²) < 4.78 is 16.8. The highest BCUT2D eigenvalue weighted by molar-refractivity contribution is 6.76. The number of aliphatic hydroxyl groups excluding tert-OH is 1. The van der Waals surface area contributed by atoms with Gasteiger partial charge in [-0.3, -0.25) is 14.5 Å². The number of hydrogen-bond acceptors (Lipinski definition) is 7. The van der Waals surface area contributed by atoms with Crippen LogP contribution >= 0.6 is 34.8 Å². The summed E-state index contributed by atoms with van der Waals surface area (Å²) >= 11 is 17.2. The predicted octanol–water partition coefficient (Wildman–Crippen LogP) is 7.18. The first-order valence-corrected chi connectivity index (χ1v) is 16.9. The van der Waals surface area contributed by atoms with Crippen molar-refractivity contribution in [2.45, 2.75) is 87.1 Å². The molecule has 2 N–H and O–H groups in total. The van der Waals surface area contributed by atoms with Crippen LogP contribution in [0.15, 0.2) is 72.8 Å². The molecule has 0 aliphatic carbocycles. The van der Waals surface area contributed by atoms with Crippen LogP contribution in [-0.2, 0) is 37.0 Å². The number of esters is 1. The monoisotopic (exact) mass is 702 g/mol. The van der Waals surface area contributed by atoms with E-state index in [1.165, 1.54) is 0 Å². The highest BCUT2D eigenvalue weighted by Crippen LogP contribution is 2.39. The molecule has 2 heterocycles. The van der Waals surface area contributed by atoms with Crippen LogP contribution in [0.5, 0.6) is 0 Å². The number of ether oxygens (including phenoxy) is 3. The Morgan fingerprint density at radius 2 is 1.64 bits per heavy atom. The van der Waals surface area contributed by atoms with Crippen molar-refractivity contribution >= 4 is 46.7 Å². The highest BCUT2D eigenvalue weighted by atomic mass is 35.6. The van der Waals surface area contributed by atoms with Gasteiger partial charge in [0, 0.05) is 25.1 Å². The summed E-state index contributed by atoms with van der Waals surface area (Å²) in [5.41, 5.74) is 4.85. The lowest BCUT2D eigenvalue weighted by molar-refractivity contribution is -0.253. The van der Waals surface area contributed by atoms with Crippen molar-refractivity contribution in [1.82, 2.24) is 10.2 Å². The van der Waals surface area contributed by atoms with E-state index in [0.29, 0.717) is 13.0 Å². The van der Waals surface area contributed by atoms with Crippen molar-refractivity contribution < 1.29 is 28.9 Å². The molecule has 47 heavy (non-hydrogen) atoms. The summed E-state index contributed by atoms with van der Waals surface area (Å²) in [5, 5.41) is 12.2. The average Bonchev–Trinajstić information content (AvgIpc) is 3.51. The van der Waals surface area contributed by atoms with E-state index in [2.05, 4.69) is 10.2 Å². The minimum absolute atomic E-state index is 0.0318. The minimum atomic E-state index is -2.04. The Labute approximate surface area is 291 Å². The maximum absolute atomic E-state index is 13.0. The number of halogens is 3. The van der Waals surface area contributed by atoms with Gasteiger partial charge in [-0.15, -0.1) is 0 Å². The Morgan fingerprint density at radius 3 is 2.30 bits per heavy atom. The zero-order valence-corrected chi connectivity index (χ0v) is 29.0. The fourth-order valence-corrected chi connectivity index (χ4v) is 6.23. The molecule has 8 nitrogen and oxygen atoms in total. The molecule has 0 unspecified atom stereocenters. The molecule has 3 aromatic rings. The second-order valence-electron chi connectivity index (χ2n) is 13.0. The lowest BCUT2D eigenvalue weighted by atomic mass is 9.97. The number of carbonyl (C=O) groups is 2. The summed E-state index contributed by atoms with van der Waals surface area (Å²) in [4.78, 5) is 27.4. The summed E-state index contributed by atoms with van der Waals surface area (Å²) in [6, 6.07) is 23.1. The number of alkyl halides is 3. The molecule has 4 atom stereocenters. The molecule has 0 bridgehead atoms. The van der Waals surface area contributed by atoms with Crippen molar-refractivity contribution in [2.75, 3.05) is 13.1 Å². The van der Waals surface area contributed by atoms with Gasteiger partial charge >= 0.3 is 5.97 Å². The van der Waals surface area contributed by atoms with Gasteiger partial charge in [-0.25, -0.2) is 0 Å². The second-order valence-corrected chi connectivity index (χ2v) is 15.3. The lowest BCUT2D eigenvalue weighted by Gasteiger charge is -2.38. The molecule has 11 heteroatoms. The predicted molar refractivity (Wildman–Crippen MR) is 183 cm³/mol. The Bertz CT molecular complexity index is 1520. The molecular formula is C36H41Cl3N2O6. The standard InChI is InChI=1S/C36H41Cl3N2O6/c1-35(2,3)47-32(43)30-9-6-18-41(30)21-28-19-31(25-12-10-23(22-42)11-13-25)46-33(45-28)26-16-14-24(15-17-26)29-8-5-4-7-27(29)20-40-34(44)36(37,38)39/h4-5,7-8,10-17,28,30-31,33,42H,6,9,18-22H2,1-3H3,(H,40,44)/t28-,30+,31+,33+/m1/s1. The van der Waals surface area contributed by atoms with E-state index in [9.17, 15) is 14.7 Å². The first kappa shape index (κ1) is 35.6. The third-order valence-electron chi connectivity index (χ3n) is 8.30. The molecule has 5 rings (SSSR count). The highest BCUT2D eigenvalue weighted by Gasteiger charge is 2.39. The van der Waals surface area contributed by atoms with E-state index in [0.717, 1.165) is 52.8 Å². The van der Waals surface area contributed by atoms with Crippen molar-refractivity contribution in [3.05, 3.63) is 95.1 Å². The minimum Gasteiger partial charge on any atom is -0.459 e. The Morgan fingerprint density at radius 1 is 0.957 bits per heavy atom. The maximum Gasteiger partial charge on any atom is 0.323 e. The van der Waals surface area contributed by atoms with E-state index >= 15 is 0 Å². The van der Waals surface area contributed by atoms with Crippen molar-refractivity contribution in [3.8, 4) is 11.1 Å². The first-order chi connectivity index (χ1) is 22.3. The molecule has 1 amide bonds. The summed E-state index contributed by atoms with van der Waals surface area (Å²) in [6.45, 7) is 7.18. The van der Waals surface area contributed by atoms with Gasteiger partial charge in [0.2, 0.25) is 0 Å². The SMILES string of the molecule is CC(C)(C)OC(=O)[C@@H]1CCCN1C[C@H]1C[C@@H](c2ccc(CO)cc2)O[C@@H](c2ccc(-c3ccccc3CNC(=O)C(Cl)(Cl)Cl)cc2)O1. The summed E-state index contributed by atoms with van der Waals surface area (Å²) in [6.07, 6.45) is 1.17. The molecule has 3 aromatic carbocycles. The van der Waals surface area contributed by atoms with Crippen LogP contribution < -0.4 is 5.32 Å². The van der Waals surface area contributed by atoms with Gasteiger partial charge in [-0.1, -0.05) is 108 Å². The average molecular weight is 704 g/mol. The number of amides is 1. The van der Waals surface area contributed by atoms with Crippen molar-refractivity contribution in [3.63, 3.8) is 0 Å². The molecule has 2 fully saturated rings. The van der Waals surface area contributed by atoms with Gasteiger partial charge in [0.05, 0.1) is 18.8 Å². The first-order valence-electron chi connectivity index (χ1n) is 15.8. The van der Waals surface area contributed by atoms with Gasteiger partial charge in [-0.2, -0.15) is 0 Å². The van der Waals surface area contributed by atoms with Crippen LogP contribution in [0, 0.1) is 0 Å². The zero-order chi connectivity index (χ0) is 33.8. The summed E-state index contributed by atoms with van der Waals surface area (Å²) in [7, 11) is 0. The van der Waals surface area contributed by atoms with E-state index in [1.807, 2.05) is 93.6 Å². The smallest absolute Gasteiger partial charge is 0.323 e. The zero-order valence-electron chi connectivity index (χ0n) is 26.8. The molecule has 2 aliphatic heterocycles. The normalized spacial score (nSPS) is 22.2. The molecule has 252 valence electrons. The van der Waals surface area contributed by atoms with E-state index in [4.69, 9.17) is 49.0 Å². The van der Waals surface area contributed by atoms with E-state index in [1.54, 1.807) is 0 Å². The van der Waals surface area contributed by atoms with Crippen LogP contribution in [0.3, 0.4) is 0 Å². The lowest BCUT2D eigenvalue weighted by Crippen LogP contribution is -2.45. The second kappa shape index (κ2) is 15.2. The van der Waals surface area contributed by atoms with Gasteiger partial charge < -0.3 is 24.6 Å². The van der Waals surface area contributed by atoms with Gasteiger partial charge in [0.15, 0.2) is 6.29 Å². The van der Waals surface area contributed by atoms with E-state index < -0.39 is 21.6 Å². The largest absolute Gasteiger partial charge is 0.459 e. The third kappa shape index (κ3) is 9.48. The number of hydrogen-bond donors (Lipinski definition) is 2. The van der Waals surface area contributed by atoms with Crippen LogP contribution in [-0.4, -0.2) is 56.5 Å². The van der Waals surface area contributed by atoms with Crippen LogP contribution in [0.2, 0.25) is 0 Å². The quantitative estimate of drug-likeness (QED) is 0.180. The van der Waals surface area contributed by atoms with Crippen molar-refractivity contribution in [2.24, 2.45) is 0 Å². The van der Waals surface area contributed by atoms with Crippen LogP contribution in [0.25, 0.3) is 11.1 Å². The molecule has 0 radical (unpaired) electrons. The molecule has 2 aliphatic rings. The molecule has 0 saturated carbocycles. The Balaban J connectivity index is 1.35.